The van der Waals surface area contributed by atoms with Gasteiger partial charge in [0.1, 0.15) is 17.4 Å². The van der Waals surface area contributed by atoms with E-state index in [1.807, 2.05) is 6.92 Å². The number of ether oxygens (including phenoxy) is 1. The molecule has 0 radical (unpaired) electrons. The molecule has 4 aromatic carbocycles. The molecule has 0 saturated carbocycles. The number of fused-ring (bicyclic) bond motifs is 2. The number of hydrogen-bond donors (Lipinski definition) is 0. The highest BCUT2D eigenvalue weighted by molar-refractivity contribution is 7.18. The average molecular weight is 585 g/mol. The Morgan fingerprint density at radius 1 is 0.756 bits per heavy atom. The molecule has 206 valence electrons. The Balaban J connectivity index is 1.29. The fourth-order valence-corrected chi connectivity index (χ4v) is 5.33. The van der Waals surface area contributed by atoms with Gasteiger partial charge in [-0.3, -0.25) is 4.98 Å². The Morgan fingerprint density at radius 3 is 2.20 bits per heavy atom. The molecule has 2 heterocycles. The summed E-state index contributed by atoms with van der Waals surface area (Å²) in [6.07, 6.45) is -2.75. The number of aromatic nitrogens is 2. The summed E-state index contributed by atoms with van der Waals surface area (Å²) < 4.78 is 104. The van der Waals surface area contributed by atoms with Gasteiger partial charge in [-0.25, -0.2) is 26.9 Å². The molecule has 6 aromatic rings. The summed E-state index contributed by atoms with van der Waals surface area (Å²) >= 11 is 0.575. The first-order valence-electron chi connectivity index (χ1n) is 12.0. The topological polar surface area (TPSA) is 35.0 Å². The predicted molar refractivity (Wildman–Crippen MR) is 141 cm³/mol. The molecule has 0 aliphatic rings. The monoisotopic (exact) mass is 584 g/mol. The van der Waals surface area contributed by atoms with E-state index in [-0.39, 0.29) is 22.0 Å². The normalized spacial score (nSPS) is 11.9. The summed E-state index contributed by atoms with van der Waals surface area (Å²) in [5.41, 5.74) is 1.99. The van der Waals surface area contributed by atoms with E-state index in [4.69, 9.17) is 0 Å². The molecule has 0 saturated heterocycles. The van der Waals surface area contributed by atoms with Crippen LogP contribution in [0, 0.1) is 36.0 Å². The third-order valence-corrected chi connectivity index (χ3v) is 7.44. The first-order chi connectivity index (χ1) is 19.5. The average Bonchev–Trinajstić information content (AvgIpc) is 3.36. The minimum Gasteiger partial charge on any atom is -0.427 e. The summed E-state index contributed by atoms with van der Waals surface area (Å²) in [5.74, 6) is -7.51. The molecule has 6 rings (SSSR count). The van der Waals surface area contributed by atoms with Crippen molar-refractivity contribution in [1.82, 2.24) is 9.97 Å². The van der Waals surface area contributed by atoms with Gasteiger partial charge < -0.3 is 4.74 Å². The van der Waals surface area contributed by atoms with E-state index in [1.165, 1.54) is 24.4 Å². The van der Waals surface area contributed by atoms with Gasteiger partial charge in [0.2, 0.25) is 5.01 Å². The lowest BCUT2D eigenvalue weighted by Gasteiger charge is -2.15. The molecular formula is C30H15F7N2OS. The molecule has 0 unspecified atom stereocenters. The van der Waals surface area contributed by atoms with Gasteiger partial charge in [-0.05, 0) is 36.6 Å². The molecule has 0 amide bonds. The molecular weight excluding hydrogens is 569 g/mol. The van der Waals surface area contributed by atoms with Gasteiger partial charge in [0, 0.05) is 34.8 Å². The van der Waals surface area contributed by atoms with E-state index in [0.29, 0.717) is 44.8 Å². The minimum atomic E-state index is -4.08. The van der Waals surface area contributed by atoms with E-state index < -0.39 is 46.0 Å². The molecule has 11 heteroatoms. The number of alkyl halides is 2. The van der Waals surface area contributed by atoms with Crippen molar-refractivity contribution in [3.8, 4) is 28.1 Å². The maximum atomic E-state index is 15.2. The number of hydrogen-bond acceptors (Lipinski definition) is 4. The van der Waals surface area contributed by atoms with Crippen LogP contribution in [0.2, 0.25) is 0 Å². The molecule has 0 aliphatic carbocycles. The third kappa shape index (κ3) is 4.86. The van der Waals surface area contributed by atoms with Gasteiger partial charge in [0.25, 0.3) is 0 Å². The van der Waals surface area contributed by atoms with Crippen molar-refractivity contribution in [3.05, 3.63) is 113 Å². The summed E-state index contributed by atoms with van der Waals surface area (Å²) in [7, 11) is 0. The lowest BCUT2D eigenvalue weighted by atomic mass is 9.99. The van der Waals surface area contributed by atoms with Gasteiger partial charge in [0.05, 0.1) is 21.5 Å². The quantitative estimate of drug-likeness (QED) is 0.150. The Hall–Kier alpha value is -4.51. The van der Waals surface area contributed by atoms with Crippen LogP contribution in [0.15, 0.2) is 72.9 Å². The Labute approximate surface area is 231 Å². The molecule has 2 aromatic heterocycles. The van der Waals surface area contributed by atoms with Crippen LogP contribution in [-0.4, -0.2) is 9.97 Å². The van der Waals surface area contributed by atoms with Crippen molar-refractivity contribution in [1.29, 1.82) is 0 Å². The highest BCUT2D eigenvalue weighted by Crippen LogP contribution is 2.39. The van der Waals surface area contributed by atoms with Crippen molar-refractivity contribution in [2.75, 3.05) is 0 Å². The van der Waals surface area contributed by atoms with E-state index in [2.05, 4.69) is 14.7 Å². The molecule has 0 bridgehead atoms. The van der Waals surface area contributed by atoms with Gasteiger partial charge in [-0.15, -0.1) is 11.3 Å². The molecule has 3 nitrogen and oxygen atoms in total. The van der Waals surface area contributed by atoms with Crippen molar-refractivity contribution in [3.63, 3.8) is 0 Å². The number of thiazole rings is 1. The largest absolute Gasteiger partial charge is 0.454 e. The first kappa shape index (κ1) is 26.7. The molecule has 41 heavy (non-hydrogen) atoms. The Kier molecular flexibility index (Phi) is 6.41. The number of pyridine rings is 1. The smallest absolute Gasteiger partial charge is 0.427 e. The highest BCUT2D eigenvalue weighted by Gasteiger charge is 2.39. The SMILES string of the molecule is Cc1ccc2c(F)c(-c3ccc(-c4ccc5nc(C(F)(F)Oc6cc(F)c(F)c(F)c6)sc5c4)nc3)c(F)cc2c1. The summed E-state index contributed by atoms with van der Waals surface area (Å²) in [6.45, 7) is 1.83. The number of nitrogens with zero attached hydrogens (tertiary/aromatic N) is 2. The van der Waals surface area contributed by atoms with E-state index in [1.54, 1.807) is 36.4 Å². The fraction of sp³-hybridized carbons (Fsp3) is 0.0667. The predicted octanol–water partition coefficient (Wildman–Crippen LogP) is 9.31. The van der Waals surface area contributed by atoms with Crippen LogP contribution in [0.3, 0.4) is 0 Å². The number of rotatable bonds is 5. The van der Waals surface area contributed by atoms with Crippen LogP contribution in [0.25, 0.3) is 43.4 Å². The Morgan fingerprint density at radius 2 is 1.49 bits per heavy atom. The van der Waals surface area contributed by atoms with Crippen LogP contribution in [0.4, 0.5) is 30.7 Å². The van der Waals surface area contributed by atoms with E-state index >= 15 is 4.39 Å². The molecule has 0 N–H and O–H groups in total. The van der Waals surface area contributed by atoms with Crippen molar-refractivity contribution in [2.24, 2.45) is 0 Å². The second kappa shape index (κ2) is 9.84. The summed E-state index contributed by atoms with van der Waals surface area (Å²) in [4.78, 5) is 8.18. The Bertz CT molecular complexity index is 1950. The second-order valence-electron chi connectivity index (χ2n) is 9.23. The van der Waals surface area contributed by atoms with Crippen molar-refractivity contribution >= 4 is 32.3 Å². The van der Waals surface area contributed by atoms with Gasteiger partial charge in [0.15, 0.2) is 17.5 Å². The van der Waals surface area contributed by atoms with Crippen LogP contribution >= 0.6 is 11.3 Å². The first-order valence-corrected chi connectivity index (χ1v) is 12.8. The second-order valence-corrected chi connectivity index (χ2v) is 10.3. The van der Waals surface area contributed by atoms with Crippen LogP contribution in [0.1, 0.15) is 10.6 Å². The zero-order valence-corrected chi connectivity index (χ0v) is 21.6. The van der Waals surface area contributed by atoms with E-state index in [9.17, 15) is 26.3 Å². The summed E-state index contributed by atoms with van der Waals surface area (Å²) in [6, 6.07) is 14.6. The summed E-state index contributed by atoms with van der Waals surface area (Å²) in [5, 5.41) is -0.0768. The van der Waals surface area contributed by atoms with Crippen LogP contribution in [-0.2, 0) is 6.11 Å². The zero-order valence-electron chi connectivity index (χ0n) is 20.8. The van der Waals surface area contributed by atoms with Crippen LogP contribution < -0.4 is 4.74 Å². The lowest BCUT2D eigenvalue weighted by molar-refractivity contribution is -0.185. The van der Waals surface area contributed by atoms with E-state index in [0.717, 1.165) is 5.56 Å². The third-order valence-electron chi connectivity index (χ3n) is 6.37. The molecule has 0 atom stereocenters. The highest BCUT2D eigenvalue weighted by atomic mass is 32.1. The van der Waals surface area contributed by atoms with Gasteiger partial charge in [-0.2, -0.15) is 8.78 Å². The van der Waals surface area contributed by atoms with Crippen molar-refractivity contribution in [2.45, 2.75) is 13.0 Å². The zero-order chi connectivity index (χ0) is 29.1. The standard InChI is InChI=1S/C30H15F7N2OS/c1-14-2-5-19-17(8-14)9-20(31)26(27(19)34)16-4-6-23(38-13-16)15-3-7-24-25(10-15)41-29(39-24)30(36,37)40-18-11-21(32)28(35)22(33)12-18/h2-13H,1H3. The minimum absolute atomic E-state index is 0.195. The lowest BCUT2D eigenvalue weighted by Crippen LogP contribution is -2.21. The molecule has 0 spiro atoms. The van der Waals surface area contributed by atoms with Crippen LogP contribution in [0.5, 0.6) is 5.75 Å². The maximum absolute atomic E-state index is 15.2. The maximum Gasteiger partial charge on any atom is 0.454 e. The molecule has 0 fully saturated rings. The number of aryl methyl sites for hydroxylation is 1. The van der Waals surface area contributed by atoms with Crippen molar-refractivity contribution < 1.29 is 35.5 Å². The number of halogens is 7. The fourth-order valence-electron chi connectivity index (χ4n) is 4.42. The molecule has 0 aliphatic heterocycles. The van der Waals surface area contributed by atoms with Gasteiger partial charge >= 0.3 is 6.11 Å². The number of benzene rings is 4. The van der Waals surface area contributed by atoms with Gasteiger partial charge in [-0.1, -0.05) is 35.9 Å².